The molecule has 0 aromatic carbocycles. The van der Waals surface area contributed by atoms with Crippen molar-refractivity contribution in [1.29, 1.82) is 0 Å². The standard InChI is InChI=1S/C14H20N2O/c1-11(2)9-14(17)13(10-16(3)4)12-5-7-15-8-6-12/h5-8,10-11H,9H2,1-4H3/b13-10-. The van der Waals surface area contributed by atoms with Gasteiger partial charge in [0.05, 0.1) is 0 Å². The fraction of sp³-hybridized carbons (Fsp3) is 0.429. The van der Waals surface area contributed by atoms with Crippen molar-refractivity contribution in [3.05, 3.63) is 36.3 Å². The number of hydrogen-bond donors (Lipinski definition) is 0. The van der Waals surface area contributed by atoms with Gasteiger partial charge in [0.25, 0.3) is 0 Å². The molecule has 0 aliphatic carbocycles. The summed E-state index contributed by atoms with van der Waals surface area (Å²) in [7, 11) is 3.84. The number of carbonyl (C=O) groups is 1. The Hall–Kier alpha value is -1.64. The Morgan fingerprint density at radius 3 is 2.41 bits per heavy atom. The second-order valence-electron chi connectivity index (χ2n) is 4.76. The summed E-state index contributed by atoms with van der Waals surface area (Å²) in [6, 6.07) is 3.74. The minimum absolute atomic E-state index is 0.180. The van der Waals surface area contributed by atoms with Gasteiger partial charge >= 0.3 is 0 Å². The number of pyridine rings is 1. The first-order chi connectivity index (χ1) is 8.00. The first-order valence-corrected chi connectivity index (χ1v) is 5.82. The van der Waals surface area contributed by atoms with Crippen LogP contribution in [0.2, 0.25) is 0 Å². The van der Waals surface area contributed by atoms with Gasteiger partial charge in [0.15, 0.2) is 5.78 Å². The van der Waals surface area contributed by atoms with E-state index in [4.69, 9.17) is 0 Å². The van der Waals surface area contributed by atoms with E-state index in [0.29, 0.717) is 12.3 Å². The zero-order valence-electron chi connectivity index (χ0n) is 11.0. The van der Waals surface area contributed by atoms with Gasteiger partial charge < -0.3 is 4.90 Å². The van der Waals surface area contributed by atoms with E-state index >= 15 is 0 Å². The van der Waals surface area contributed by atoms with Gasteiger partial charge in [0.2, 0.25) is 0 Å². The molecule has 0 saturated heterocycles. The predicted octanol–water partition coefficient (Wildman–Crippen LogP) is 2.60. The summed E-state index contributed by atoms with van der Waals surface area (Å²) in [6.07, 6.45) is 5.87. The van der Waals surface area contributed by atoms with E-state index in [1.165, 1.54) is 0 Å². The molecule has 3 heteroatoms. The van der Waals surface area contributed by atoms with Crippen LogP contribution in [0.25, 0.3) is 5.57 Å². The molecular formula is C14H20N2O. The lowest BCUT2D eigenvalue weighted by Gasteiger charge is -2.12. The molecule has 0 saturated carbocycles. The average molecular weight is 232 g/mol. The van der Waals surface area contributed by atoms with Gasteiger partial charge in [-0.05, 0) is 23.6 Å². The molecule has 0 unspecified atom stereocenters. The molecule has 0 N–H and O–H groups in total. The van der Waals surface area contributed by atoms with E-state index in [0.717, 1.165) is 11.1 Å². The van der Waals surface area contributed by atoms with Crippen molar-refractivity contribution < 1.29 is 4.79 Å². The van der Waals surface area contributed by atoms with E-state index in [9.17, 15) is 4.79 Å². The number of carbonyl (C=O) groups excluding carboxylic acids is 1. The number of Topliss-reactive ketones (excluding diaryl/α,β-unsaturated/α-hetero) is 1. The Bertz CT molecular complexity index is 394. The molecule has 92 valence electrons. The third-order valence-corrected chi connectivity index (χ3v) is 2.27. The molecule has 1 aromatic rings. The molecule has 1 rings (SSSR count). The zero-order valence-corrected chi connectivity index (χ0v) is 11.0. The van der Waals surface area contributed by atoms with Crippen molar-refractivity contribution in [2.75, 3.05) is 14.1 Å². The van der Waals surface area contributed by atoms with Crippen molar-refractivity contribution in [3.8, 4) is 0 Å². The summed E-state index contributed by atoms with van der Waals surface area (Å²) in [4.78, 5) is 18.0. The van der Waals surface area contributed by atoms with Gasteiger partial charge in [0.1, 0.15) is 0 Å². The van der Waals surface area contributed by atoms with Crippen LogP contribution in [0.1, 0.15) is 25.8 Å². The molecule has 1 heterocycles. The van der Waals surface area contributed by atoms with E-state index in [1.54, 1.807) is 12.4 Å². The van der Waals surface area contributed by atoms with Gasteiger partial charge in [-0.3, -0.25) is 9.78 Å². The van der Waals surface area contributed by atoms with Crippen molar-refractivity contribution in [1.82, 2.24) is 9.88 Å². The van der Waals surface area contributed by atoms with E-state index in [2.05, 4.69) is 18.8 Å². The van der Waals surface area contributed by atoms with Gasteiger partial charge in [-0.2, -0.15) is 0 Å². The van der Waals surface area contributed by atoms with Crippen LogP contribution in [0.15, 0.2) is 30.7 Å². The fourth-order valence-electron chi connectivity index (χ4n) is 1.58. The molecule has 0 fully saturated rings. The molecule has 0 aliphatic rings. The highest BCUT2D eigenvalue weighted by Crippen LogP contribution is 2.18. The maximum atomic E-state index is 12.2. The average Bonchev–Trinajstić information content (AvgIpc) is 2.25. The van der Waals surface area contributed by atoms with Gasteiger partial charge in [-0.1, -0.05) is 13.8 Å². The van der Waals surface area contributed by atoms with Crippen LogP contribution in [-0.2, 0) is 4.79 Å². The summed E-state index contributed by atoms with van der Waals surface area (Å²) < 4.78 is 0. The lowest BCUT2D eigenvalue weighted by atomic mass is 9.97. The number of hydrogen-bond acceptors (Lipinski definition) is 3. The molecule has 17 heavy (non-hydrogen) atoms. The van der Waals surface area contributed by atoms with Crippen LogP contribution in [0.4, 0.5) is 0 Å². The SMILES string of the molecule is CC(C)CC(=O)/C(=C\N(C)C)c1ccncc1. The fourth-order valence-corrected chi connectivity index (χ4v) is 1.58. The van der Waals surface area contributed by atoms with Gasteiger partial charge in [-0.15, -0.1) is 0 Å². The highest BCUT2D eigenvalue weighted by Gasteiger charge is 2.13. The van der Waals surface area contributed by atoms with E-state index < -0.39 is 0 Å². The topological polar surface area (TPSA) is 33.2 Å². The van der Waals surface area contributed by atoms with Crippen LogP contribution < -0.4 is 0 Å². The largest absolute Gasteiger partial charge is 0.383 e. The Morgan fingerprint density at radius 2 is 1.94 bits per heavy atom. The zero-order chi connectivity index (χ0) is 12.8. The van der Waals surface area contributed by atoms with Crippen molar-refractivity contribution in [2.45, 2.75) is 20.3 Å². The van der Waals surface area contributed by atoms with Crippen LogP contribution >= 0.6 is 0 Å². The lowest BCUT2D eigenvalue weighted by molar-refractivity contribution is -0.114. The summed E-state index contributed by atoms with van der Waals surface area (Å²) in [5, 5.41) is 0. The quantitative estimate of drug-likeness (QED) is 0.732. The maximum absolute atomic E-state index is 12.2. The normalized spacial score (nSPS) is 11.7. The van der Waals surface area contributed by atoms with Crippen LogP contribution in [0, 0.1) is 5.92 Å². The first kappa shape index (κ1) is 13.4. The summed E-state index contributed by atoms with van der Waals surface area (Å²) in [5.41, 5.74) is 1.69. The molecule has 0 spiro atoms. The molecule has 0 amide bonds. The minimum Gasteiger partial charge on any atom is -0.383 e. The van der Waals surface area contributed by atoms with Crippen LogP contribution in [-0.4, -0.2) is 29.8 Å². The summed E-state index contributed by atoms with van der Waals surface area (Å²) in [6.45, 7) is 4.11. The Balaban J connectivity index is 3.02. The second-order valence-corrected chi connectivity index (χ2v) is 4.76. The van der Waals surface area contributed by atoms with Gasteiger partial charge in [0, 0.05) is 44.7 Å². The predicted molar refractivity (Wildman–Crippen MR) is 70.4 cm³/mol. The third-order valence-electron chi connectivity index (χ3n) is 2.27. The Morgan fingerprint density at radius 1 is 1.35 bits per heavy atom. The van der Waals surface area contributed by atoms with Crippen LogP contribution in [0.5, 0.6) is 0 Å². The minimum atomic E-state index is 0.180. The second kappa shape index (κ2) is 6.18. The number of aromatic nitrogens is 1. The van der Waals surface area contributed by atoms with Crippen LogP contribution in [0.3, 0.4) is 0 Å². The number of nitrogens with zero attached hydrogens (tertiary/aromatic N) is 2. The van der Waals surface area contributed by atoms with Crippen molar-refractivity contribution >= 4 is 11.4 Å². The maximum Gasteiger partial charge on any atom is 0.165 e. The smallest absolute Gasteiger partial charge is 0.165 e. The van der Waals surface area contributed by atoms with E-state index in [-0.39, 0.29) is 5.78 Å². The molecule has 3 nitrogen and oxygen atoms in total. The number of rotatable bonds is 5. The first-order valence-electron chi connectivity index (χ1n) is 5.82. The Kier molecular flexibility index (Phi) is 4.88. The molecule has 0 atom stereocenters. The number of ketones is 1. The molecule has 0 bridgehead atoms. The molecule has 0 radical (unpaired) electrons. The molecule has 1 aromatic heterocycles. The lowest BCUT2D eigenvalue weighted by Crippen LogP contribution is -2.10. The summed E-state index contributed by atoms with van der Waals surface area (Å²) >= 11 is 0. The molecular weight excluding hydrogens is 212 g/mol. The monoisotopic (exact) mass is 232 g/mol. The highest BCUT2D eigenvalue weighted by atomic mass is 16.1. The van der Waals surface area contributed by atoms with E-state index in [1.807, 2.05) is 37.3 Å². The number of allylic oxidation sites excluding steroid dienone is 1. The third kappa shape index (κ3) is 4.39. The van der Waals surface area contributed by atoms with Crippen molar-refractivity contribution in [2.24, 2.45) is 5.92 Å². The summed E-state index contributed by atoms with van der Waals surface area (Å²) in [5.74, 6) is 0.551. The van der Waals surface area contributed by atoms with Crippen molar-refractivity contribution in [3.63, 3.8) is 0 Å². The highest BCUT2D eigenvalue weighted by molar-refractivity contribution is 6.20. The van der Waals surface area contributed by atoms with Gasteiger partial charge in [-0.25, -0.2) is 0 Å². The molecule has 0 aliphatic heterocycles. The Labute approximate surface area is 103 Å².